The van der Waals surface area contributed by atoms with E-state index in [-0.39, 0.29) is 11.9 Å². The van der Waals surface area contributed by atoms with Gasteiger partial charge in [0, 0.05) is 30.4 Å². The number of imidazole rings is 1. The highest BCUT2D eigenvalue weighted by molar-refractivity contribution is 5.92. The first-order chi connectivity index (χ1) is 14.3. The van der Waals surface area contributed by atoms with Crippen LogP contribution in [0, 0.1) is 0 Å². The number of amides is 1. The molecule has 2 aromatic heterocycles. The molecule has 0 spiro atoms. The first-order valence-corrected chi connectivity index (χ1v) is 9.60. The number of para-hydroxylation sites is 1. The van der Waals surface area contributed by atoms with Crippen LogP contribution >= 0.6 is 0 Å². The average molecular weight is 382 g/mol. The van der Waals surface area contributed by atoms with Gasteiger partial charge in [-0.25, -0.2) is 9.97 Å². The van der Waals surface area contributed by atoms with Crippen molar-refractivity contribution in [1.82, 2.24) is 19.9 Å². The Hall–Kier alpha value is -3.73. The van der Waals surface area contributed by atoms with Crippen molar-refractivity contribution in [3.8, 4) is 0 Å². The molecule has 0 aliphatic rings. The van der Waals surface area contributed by atoms with Crippen LogP contribution in [0.4, 0.5) is 0 Å². The van der Waals surface area contributed by atoms with Crippen molar-refractivity contribution in [2.24, 2.45) is 0 Å². The maximum Gasteiger partial charge on any atom is 0.244 e. The van der Waals surface area contributed by atoms with E-state index in [1.165, 1.54) is 5.56 Å². The third kappa shape index (κ3) is 5.17. The van der Waals surface area contributed by atoms with Crippen molar-refractivity contribution in [1.29, 1.82) is 0 Å². The number of benzene rings is 2. The van der Waals surface area contributed by atoms with E-state index >= 15 is 0 Å². The summed E-state index contributed by atoms with van der Waals surface area (Å²) in [6.07, 6.45) is 9.44. The Morgan fingerprint density at radius 1 is 1.03 bits per heavy atom. The van der Waals surface area contributed by atoms with Crippen molar-refractivity contribution >= 4 is 22.9 Å². The van der Waals surface area contributed by atoms with Gasteiger partial charge < -0.3 is 9.88 Å². The van der Waals surface area contributed by atoms with Gasteiger partial charge in [-0.3, -0.25) is 4.79 Å². The Morgan fingerprint density at radius 2 is 1.86 bits per heavy atom. The summed E-state index contributed by atoms with van der Waals surface area (Å²) in [5.41, 5.74) is 2.85. The van der Waals surface area contributed by atoms with E-state index in [1.807, 2.05) is 65.4 Å². The fraction of sp³-hybridized carbons (Fsp3) is 0.125. The van der Waals surface area contributed by atoms with Crippen molar-refractivity contribution in [2.75, 3.05) is 0 Å². The van der Waals surface area contributed by atoms with Gasteiger partial charge in [0.1, 0.15) is 0 Å². The number of carbonyl (C=O) groups is 1. The van der Waals surface area contributed by atoms with Gasteiger partial charge in [0.2, 0.25) is 5.91 Å². The van der Waals surface area contributed by atoms with Crippen LogP contribution in [0.3, 0.4) is 0 Å². The molecule has 4 aromatic rings. The van der Waals surface area contributed by atoms with E-state index in [9.17, 15) is 4.79 Å². The number of nitrogens with zero attached hydrogens (tertiary/aromatic N) is 3. The third-order valence-corrected chi connectivity index (χ3v) is 4.69. The topological polar surface area (TPSA) is 59.8 Å². The molecule has 1 amide bonds. The lowest BCUT2D eigenvalue weighted by molar-refractivity contribution is -0.117. The minimum atomic E-state index is -0.138. The zero-order chi connectivity index (χ0) is 19.9. The maximum absolute atomic E-state index is 12.6. The van der Waals surface area contributed by atoms with Crippen LogP contribution in [-0.4, -0.2) is 26.5 Å². The molecule has 0 saturated heterocycles. The minimum Gasteiger partial charge on any atom is -0.348 e. The molecule has 2 aromatic carbocycles. The first kappa shape index (κ1) is 18.6. The number of hydrogen-bond donors (Lipinski definition) is 1. The van der Waals surface area contributed by atoms with Crippen molar-refractivity contribution in [3.63, 3.8) is 0 Å². The zero-order valence-corrected chi connectivity index (χ0v) is 16.0. The monoisotopic (exact) mass is 382 g/mol. The van der Waals surface area contributed by atoms with E-state index in [4.69, 9.17) is 0 Å². The summed E-state index contributed by atoms with van der Waals surface area (Å²) in [5, 5.41) is 4.19. The molecule has 0 aliphatic carbocycles. The van der Waals surface area contributed by atoms with E-state index in [0.29, 0.717) is 6.54 Å². The predicted molar refractivity (Wildman–Crippen MR) is 115 cm³/mol. The molecule has 1 atom stereocenters. The van der Waals surface area contributed by atoms with E-state index in [0.717, 1.165) is 23.0 Å². The zero-order valence-electron chi connectivity index (χ0n) is 16.0. The van der Waals surface area contributed by atoms with Gasteiger partial charge in [-0.15, -0.1) is 0 Å². The second-order valence-electron chi connectivity index (χ2n) is 6.92. The molecule has 2 heterocycles. The van der Waals surface area contributed by atoms with Gasteiger partial charge in [-0.2, -0.15) is 0 Å². The van der Waals surface area contributed by atoms with Crippen LogP contribution in [-0.2, 0) is 17.8 Å². The van der Waals surface area contributed by atoms with Gasteiger partial charge in [-0.1, -0.05) is 54.6 Å². The van der Waals surface area contributed by atoms with E-state index in [1.54, 1.807) is 24.7 Å². The summed E-state index contributed by atoms with van der Waals surface area (Å²) in [5.74, 6) is -0.138. The SMILES string of the molecule is O=C(/C=C/c1ccc2ccccc2n1)NC(Cc1ccccc1)Cn1ccnc1. The van der Waals surface area contributed by atoms with Crippen LogP contribution in [0.5, 0.6) is 0 Å². The third-order valence-electron chi connectivity index (χ3n) is 4.69. The second-order valence-corrected chi connectivity index (χ2v) is 6.92. The van der Waals surface area contributed by atoms with Gasteiger partial charge >= 0.3 is 0 Å². The molecule has 5 heteroatoms. The van der Waals surface area contributed by atoms with E-state index < -0.39 is 0 Å². The molecule has 0 aliphatic heterocycles. The highest BCUT2D eigenvalue weighted by Crippen LogP contribution is 2.12. The molecule has 4 rings (SSSR count). The number of nitrogens with one attached hydrogen (secondary N) is 1. The van der Waals surface area contributed by atoms with Crippen LogP contribution in [0.1, 0.15) is 11.3 Å². The van der Waals surface area contributed by atoms with Crippen molar-refractivity contribution in [3.05, 3.63) is 103 Å². The molecule has 0 bridgehead atoms. The predicted octanol–water partition coefficient (Wildman–Crippen LogP) is 3.87. The number of rotatable bonds is 7. The lowest BCUT2D eigenvalue weighted by Gasteiger charge is -2.18. The highest BCUT2D eigenvalue weighted by atomic mass is 16.1. The smallest absolute Gasteiger partial charge is 0.244 e. The molecule has 0 fully saturated rings. The number of aromatic nitrogens is 3. The molecule has 29 heavy (non-hydrogen) atoms. The summed E-state index contributed by atoms with van der Waals surface area (Å²) in [6, 6.07) is 22.0. The summed E-state index contributed by atoms with van der Waals surface area (Å²) in [6.45, 7) is 0.655. The van der Waals surface area contributed by atoms with Gasteiger partial charge in [0.25, 0.3) is 0 Å². The number of carbonyl (C=O) groups excluding carboxylic acids is 1. The Balaban J connectivity index is 1.45. The quantitative estimate of drug-likeness (QED) is 0.494. The number of hydrogen-bond acceptors (Lipinski definition) is 3. The summed E-state index contributed by atoms with van der Waals surface area (Å²) < 4.78 is 1.97. The minimum absolute atomic E-state index is 0.0479. The number of fused-ring (bicyclic) bond motifs is 1. The Kier molecular flexibility index (Phi) is 5.76. The molecule has 144 valence electrons. The van der Waals surface area contributed by atoms with Crippen molar-refractivity contribution in [2.45, 2.75) is 19.0 Å². The largest absolute Gasteiger partial charge is 0.348 e. The molecule has 0 radical (unpaired) electrons. The van der Waals surface area contributed by atoms with Gasteiger partial charge in [0.15, 0.2) is 0 Å². The van der Waals surface area contributed by atoms with Crippen LogP contribution in [0.2, 0.25) is 0 Å². The van der Waals surface area contributed by atoms with E-state index in [2.05, 4.69) is 27.4 Å². The Bertz CT molecular complexity index is 1100. The average Bonchev–Trinajstić information content (AvgIpc) is 3.26. The normalized spacial score (nSPS) is 12.3. The Labute approximate surface area is 169 Å². The fourth-order valence-corrected chi connectivity index (χ4v) is 3.29. The molecular formula is C24H22N4O. The molecule has 0 saturated carbocycles. The Morgan fingerprint density at radius 3 is 2.69 bits per heavy atom. The number of pyridine rings is 1. The highest BCUT2D eigenvalue weighted by Gasteiger charge is 2.12. The molecule has 1 unspecified atom stereocenters. The lowest BCUT2D eigenvalue weighted by Crippen LogP contribution is -2.38. The summed E-state index contributed by atoms with van der Waals surface area (Å²) >= 11 is 0. The lowest BCUT2D eigenvalue weighted by atomic mass is 10.1. The molecule has 5 nitrogen and oxygen atoms in total. The summed E-state index contributed by atoms with van der Waals surface area (Å²) in [7, 11) is 0. The molecular weight excluding hydrogens is 360 g/mol. The summed E-state index contributed by atoms with van der Waals surface area (Å²) in [4.78, 5) is 21.2. The van der Waals surface area contributed by atoms with Crippen LogP contribution in [0.25, 0.3) is 17.0 Å². The maximum atomic E-state index is 12.6. The first-order valence-electron chi connectivity index (χ1n) is 9.60. The van der Waals surface area contributed by atoms with Crippen LogP contribution < -0.4 is 5.32 Å². The van der Waals surface area contributed by atoms with Crippen LogP contribution in [0.15, 0.2) is 91.5 Å². The van der Waals surface area contributed by atoms with Crippen molar-refractivity contribution < 1.29 is 4.79 Å². The van der Waals surface area contributed by atoms with Gasteiger partial charge in [-0.05, 0) is 30.2 Å². The molecule has 1 N–H and O–H groups in total. The second kappa shape index (κ2) is 8.97. The standard InChI is InChI=1S/C24H22N4O/c29-24(13-12-21-11-10-20-8-4-5-9-23(20)26-21)27-22(17-28-15-14-25-18-28)16-19-6-2-1-3-7-19/h1-15,18,22H,16-17H2,(H,27,29)/b13-12+. The van der Waals surface area contributed by atoms with Gasteiger partial charge in [0.05, 0.1) is 23.6 Å². The fourth-order valence-electron chi connectivity index (χ4n) is 3.29.